The number of aryl methyl sites for hydroxylation is 1. The molecule has 0 spiro atoms. The van der Waals surface area contributed by atoms with E-state index in [1.165, 1.54) is 11.3 Å². The van der Waals surface area contributed by atoms with Crippen LogP contribution in [-0.4, -0.2) is 18.5 Å². The second kappa shape index (κ2) is 6.45. The predicted octanol–water partition coefficient (Wildman–Crippen LogP) is 3.13. The Morgan fingerprint density at radius 2 is 2.00 bits per heavy atom. The normalized spacial score (nSPS) is 10.2. The third kappa shape index (κ3) is 4.09. The quantitative estimate of drug-likeness (QED) is 0.883. The average Bonchev–Trinajstić information content (AvgIpc) is 2.87. The van der Waals surface area contributed by atoms with Crippen molar-refractivity contribution >= 4 is 28.9 Å². The number of anilines is 1. The van der Waals surface area contributed by atoms with Crippen LogP contribution in [0.1, 0.15) is 14.5 Å². The molecule has 21 heavy (non-hydrogen) atoms. The molecule has 0 radical (unpaired) electrons. The van der Waals surface area contributed by atoms with E-state index < -0.39 is 30.1 Å². The zero-order chi connectivity index (χ0) is 15.4. The van der Waals surface area contributed by atoms with Crippen molar-refractivity contribution in [2.45, 2.75) is 6.92 Å². The van der Waals surface area contributed by atoms with Crippen LogP contribution in [0.4, 0.5) is 14.5 Å². The van der Waals surface area contributed by atoms with Crippen molar-refractivity contribution in [1.82, 2.24) is 0 Å². The molecule has 1 N–H and O–H groups in total. The number of nitrogens with one attached hydrogen (secondary N) is 1. The van der Waals surface area contributed by atoms with E-state index in [-0.39, 0.29) is 5.69 Å². The van der Waals surface area contributed by atoms with E-state index in [1.54, 1.807) is 12.1 Å². The molecule has 0 fully saturated rings. The Balaban J connectivity index is 1.90. The molecule has 7 heteroatoms. The van der Waals surface area contributed by atoms with Crippen LogP contribution in [0.15, 0.2) is 30.3 Å². The lowest BCUT2D eigenvalue weighted by Crippen LogP contribution is -2.21. The summed E-state index contributed by atoms with van der Waals surface area (Å²) in [4.78, 5) is 24.5. The minimum Gasteiger partial charge on any atom is -0.451 e. The maximum Gasteiger partial charge on any atom is 0.348 e. The van der Waals surface area contributed by atoms with E-state index in [9.17, 15) is 18.4 Å². The highest BCUT2D eigenvalue weighted by molar-refractivity contribution is 7.13. The van der Waals surface area contributed by atoms with Gasteiger partial charge < -0.3 is 10.1 Å². The highest BCUT2D eigenvalue weighted by Gasteiger charge is 2.13. The molecule has 2 aromatic rings. The van der Waals surface area contributed by atoms with Gasteiger partial charge in [0, 0.05) is 10.9 Å². The SMILES string of the molecule is Cc1ccc(C(=O)OCC(=O)Nc2cc(F)ccc2F)s1. The van der Waals surface area contributed by atoms with Gasteiger partial charge in [-0.2, -0.15) is 0 Å². The van der Waals surface area contributed by atoms with Gasteiger partial charge in [0.2, 0.25) is 0 Å². The van der Waals surface area contributed by atoms with Gasteiger partial charge in [-0.15, -0.1) is 11.3 Å². The molecule has 1 heterocycles. The average molecular weight is 311 g/mol. The third-order valence-corrected chi connectivity index (χ3v) is 3.46. The van der Waals surface area contributed by atoms with Crippen LogP contribution in [0.5, 0.6) is 0 Å². The van der Waals surface area contributed by atoms with Crippen LogP contribution in [0.2, 0.25) is 0 Å². The molecule has 1 aromatic heterocycles. The Hall–Kier alpha value is -2.28. The molecule has 110 valence electrons. The topological polar surface area (TPSA) is 55.4 Å². The lowest BCUT2D eigenvalue weighted by Gasteiger charge is -2.07. The highest BCUT2D eigenvalue weighted by atomic mass is 32.1. The minimum atomic E-state index is -0.773. The number of rotatable bonds is 4. The maximum atomic E-state index is 13.3. The van der Waals surface area contributed by atoms with Crippen molar-refractivity contribution in [3.8, 4) is 0 Å². The summed E-state index contributed by atoms with van der Waals surface area (Å²) in [7, 11) is 0. The van der Waals surface area contributed by atoms with E-state index in [0.29, 0.717) is 4.88 Å². The number of carbonyl (C=O) groups is 2. The number of ether oxygens (including phenoxy) is 1. The van der Waals surface area contributed by atoms with Crippen LogP contribution < -0.4 is 5.32 Å². The van der Waals surface area contributed by atoms with E-state index in [0.717, 1.165) is 23.1 Å². The summed E-state index contributed by atoms with van der Waals surface area (Å²) >= 11 is 1.24. The largest absolute Gasteiger partial charge is 0.451 e. The van der Waals surface area contributed by atoms with Gasteiger partial charge >= 0.3 is 5.97 Å². The van der Waals surface area contributed by atoms with E-state index in [4.69, 9.17) is 4.74 Å². The molecule has 0 saturated carbocycles. The second-order valence-corrected chi connectivity index (χ2v) is 5.45. The molecule has 1 aromatic carbocycles. The zero-order valence-electron chi connectivity index (χ0n) is 11.0. The Labute approximate surface area is 123 Å². The highest BCUT2D eigenvalue weighted by Crippen LogP contribution is 2.17. The van der Waals surface area contributed by atoms with Crippen molar-refractivity contribution in [3.63, 3.8) is 0 Å². The Kier molecular flexibility index (Phi) is 4.64. The second-order valence-electron chi connectivity index (χ2n) is 4.16. The van der Waals surface area contributed by atoms with Crippen LogP contribution in [0.3, 0.4) is 0 Å². The van der Waals surface area contributed by atoms with Crippen molar-refractivity contribution in [3.05, 3.63) is 51.7 Å². The van der Waals surface area contributed by atoms with Gasteiger partial charge in [-0.3, -0.25) is 4.79 Å². The summed E-state index contributed by atoms with van der Waals surface area (Å²) in [5.41, 5.74) is -0.303. The van der Waals surface area contributed by atoms with Crippen molar-refractivity contribution in [1.29, 1.82) is 0 Å². The standard InChI is InChI=1S/C14H11F2NO3S/c1-8-2-5-12(21-8)14(19)20-7-13(18)17-11-6-9(15)3-4-10(11)16/h2-6H,7H2,1H3,(H,17,18). The van der Waals surface area contributed by atoms with Crippen molar-refractivity contribution < 1.29 is 23.1 Å². The smallest absolute Gasteiger partial charge is 0.348 e. The van der Waals surface area contributed by atoms with Gasteiger partial charge in [-0.25, -0.2) is 13.6 Å². The Bertz CT molecular complexity index is 685. The van der Waals surface area contributed by atoms with E-state index in [2.05, 4.69) is 5.32 Å². The molecular weight excluding hydrogens is 300 g/mol. The molecule has 0 atom stereocenters. The number of hydrogen-bond donors (Lipinski definition) is 1. The summed E-state index contributed by atoms with van der Waals surface area (Å²) in [6.07, 6.45) is 0. The molecule has 0 aliphatic heterocycles. The zero-order valence-corrected chi connectivity index (χ0v) is 11.8. The molecular formula is C14H11F2NO3S. The number of amides is 1. The molecule has 4 nitrogen and oxygen atoms in total. The fourth-order valence-corrected chi connectivity index (χ4v) is 2.29. The van der Waals surface area contributed by atoms with Crippen molar-refractivity contribution in [2.75, 3.05) is 11.9 Å². The first-order valence-corrected chi connectivity index (χ1v) is 6.76. The first-order valence-electron chi connectivity index (χ1n) is 5.94. The fraction of sp³-hybridized carbons (Fsp3) is 0.143. The molecule has 1 amide bonds. The lowest BCUT2D eigenvalue weighted by atomic mass is 10.3. The van der Waals surface area contributed by atoms with Crippen LogP contribution in [0, 0.1) is 18.6 Å². The monoisotopic (exact) mass is 311 g/mol. The van der Waals surface area contributed by atoms with Crippen LogP contribution >= 0.6 is 11.3 Å². The van der Waals surface area contributed by atoms with Crippen molar-refractivity contribution in [2.24, 2.45) is 0 Å². The minimum absolute atomic E-state index is 0.303. The van der Waals surface area contributed by atoms with Gasteiger partial charge in [0.05, 0.1) is 5.69 Å². The summed E-state index contributed by atoms with van der Waals surface area (Å²) < 4.78 is 31.0. The molecule has 0 bridgehead atoms. The van der Waals surface area contributed by atoms with Gasteiger partial charge in [-0.1, -0.05) is 0 Å². The summed E-state index contributed by atoms with van der Waals surface area (Å²) in [5, 5.41) is 2.14. The first kappa shape index (κ1) is 15.1. The molecule has 0 saturated heterocycles. The molecule has 0 aliphatic carbocycles. The molecule has 0 aliphatic rings. The lowest BCUT2D eigenvalue weighted by molar-refractivity contribution is -0.119. The maximum absolute atomic E-state index is 13.3. The Morgan fingerprint density at radius 1 is 1.24 bits per heavy atom. The summed E-state index contributed by atoms with van der Waals surface area (Å²) in [6.45, 7) is 1.26. The number of hydrogen-bond acceptors (Lipinski definition) is 4. The summed E-state index contributed by atoms with van der Waals surface area (Å²) in [6, 6.07) is 6.02. The Morgan fingerprint density at radius 3 is 2.67 bits per heavy atom. The van der Waals surface area contributed by atoms with Gasteiger partial charge in [0.25, 0.3) is 5.91 Å². The number of halogens is 2. The van der Waals surface area contributed by atoms with Gasteiger partial charge in [-0.05, 0) is 31.2 Å². The van der Waals surface area contributed by atoms with Gasteiger partial charge in [0.1, 0.15) is 16.5 Å². The molecule has 0 unspecified atom stereocenters. The van der Waals surface area contributed by atoms with Gasteiger partial charge in [0.15, 0.2) is 6.61 Å². The number of benzene rings is 1. The first-order chi connectivity index (χ1) is 9.95. The number of carbonyl (C=O) groups excluding carboxylic acids is 2. The van der Waals surface area contributed by atoms with Crippen LogP contribution in [0.25, 0.3) is 0 Å². The number of thiophene rings is 1. The third-order valence-electron chi connectivity index (χ3n) is 2.48. The number of esters is 1. The summed E-state index contributed by atoms with van der Waals surface area (Å²) in [5.74, 6) is -2.84. The van der Waals surface area contributed by atoms with E-state index >= 15 is 0 Å². The van der Waals surface area contributed by atoms with E-state index in [1.807, 2.05) is 6.92 Å². The molecule has 2 rings (SSSR count). The predicted molar refractivity (Wildman–Crippen MR) is 74.3 cm³/mol. The van der Waals surface area contributed by atoms with Crippen LogP contribution in [-0.2, 0) is 9.53 Å². The fourth-order valence-electron chi connectivity index (χ4n) is 1.53.